The molecule has 4 rings (SSSR count). The molecule has 1 aliphatic heterocycles. The minimum Gasteiger partial charge on any atom is -0.381 e. The Balaban J connectivity index is 1.44. The molecule has 2 fully saturated rings. The Kier molecular flexibility index (Phi) is 7.01. The first-order valence-electron chi connectivity index (χ1n) is 10.9. The van der Waals surface area contributed by atoms with E-state index in [4.69, 9.17) is 27.1 Å². The number of anilines is 1. The number of halogens is 1. The highest BCUT2D eigenvalue weighted by Crippen LogP contribution is 2.30. The van der Waals surface area contributed by atoms with Crippen LogP contribution in [0, 0.1) is 11.8 Å². The third-order valence-electron chi connectivity index (χ3n) is 6.15. The summed E-state index contributed by atoms with van der Waals surface area (Å²) in [7, 11) is 0. The molecule has 1 aliphatic carbocycles. The lowest BCUT2D eigenvalue weighted by Gasteiger charge is -2.25. The van der Waals surface area contributed by atoms with Crippen LogP contribution in [0.2, 0.25) is 5.02 Å². The molecular formula is C23H31ClN4O. The molecule has 1 atom stereocenters. The third-order valence-corrected chi connectivity index (χ3v) is 6.45. The summed E-state index contributed by atoms with van der Waals surface area (Å²) >= 11 is 6.49. The summed E-state index contributed by atoms with van der Waals surface area (Å²) in [6, 6.07) is 8.53. The van der Waals surface area contributed by atoms with Crippen molar-refractivity contribution in [1.29, 1.82) is 0 Å². The zero-order valence-corrected chi connectivity index (χ0v) is 17.7. The summed E-state index contributed by atoms with van der Waals surface area (Å²) in [4.78, 5) is 9.38. The van der Waals surface area contributed by atoms with Crippen LogP contribution in [0.1, 0.15) is 44.2 Å². The maximum atomic E-state index is 6.49. The molecule has 2 aliphatic rings. The van der Waals surface area contributed by atoms with E-state index in [-0.39, 0.29) is 0 Å². The van der Waals surface area contributed by atoms with E-state index < -0.39 is 0 Å². The molecule has 3 heterocycles. The van der Waals surface area contributed by atoms with E-state index in [1.54, 1.807) is 6.20 Å². The van der Waals surface area contributed by atoms with E-state index in [0.717, 1.165) is 68.2 Å². The van der Waals surface area contributed by atoms with Crippen molar-refractivity contribution in [2.24, 2.45) is 17.6 Å². The largest absolute Gasteiger partial charge is 0.381 e. The summed E-state index contributed by atoms with van der Waals surface area (Å²) in [5.41, 5.74) is 8.97. The van der Waals surface area contributed by atoms with E-state index in [9.17, 15) is 0 Å². The lowest BCUT2D eigenvalue weighted by atomic mass is 9.83. The average molecular weight is 415 g/mol. The molecule has 1 saturated carbocycles. The average Bonchev–Trinajstić information content (AvgIpc) is 2.76. The first-order valence-corrected chi connectivity index (χ1v) is 11.2. The fraction of sp³-hybridized carbons (Fsp3) is 0.565. The van der Waals surface area contributed by atoms with Gasteiger partial charge in [0.1, 0.15) is 5.82 Å². The minimum atomic E-state index is 0.375. The van der Waals surface area contributed by atoms with Crippen molar-refractivity contribution in [3.05, 3.63) is 41.2 Å². The van der Waals surface area contributed by atoms with Crippen molar-refractivity contribution in [2.75, 3.05) is 25.1 Å². The maximum Gasteiger partial charge on any atom is 0.126 e. The fourth-order valence-corrected chi connectivity index (χ4v) is 4.58. The number of nitrogens with two attached hydrogens (primary N) is 1. The first-order chi connectivity index (χ1) is 14.2. The van der Waals surface area contributed by atoms with Crippen LogP contribution in [0.25, 0.3) is 11.3 Å². The molecule has 156 valence electrons. The van der Waals surface area contributed by atoms with Gasteiger partial charge in [0, 0.05) is 36.6 Å². The van der Waals surface area contributed by atoms with Crippen molar-refractivity contribution in [1.82, 2.24) is 9.97 Å². The van der Waals surface area contributed by atoms with E-state index in [1.165, 1.54) is 19.3 Å². The first kappa shape index (κ1) is 20.6. The van der Waals surface area contributed by atoms with E-state index in [1.807, 2.05) is 18.2 Å². The highest BCUT2D eigenvalue weighted by Gasteiger charge is 2.20. The van der Waals surface area contributed by atoms with Gasteiger partial charge in [-0.05, 0) is 75.0 Å². The van der Waals surface area contributed by atoms with Gasteiger partial charge in [0.2, 0.25) is 0 Å². The van der Waals surface area contributed by atoms with Gasteiger partial charge in [0.15, 0.2) is 0 Å². The molecule has 1 unspecified atom stereocenters. The smallest absolute Gasteiger partial charge is 0.126 e. The van der Waals surface area contributed by atoms with Crippen molar-refractivity contribution >= 4 is 17.4 Å². The normalized spacial score (nSPS) is 25.0. The minimum absolute atomic E-state index is 0.375. The second kappa shape index (κ2) is 9.88. The van der Waals surface area contributed by atoms with Gasteiger partial charge in [-0.15, -0.1) is 0 Å². The summed E-state index contributed by atoms with van der Waals surface area (Å²) in [6.07, 6.45) is 9.70. The molecule has 0 aromatic carbocycles. The zero-order valence-electron chi connectivity index (χ0n) is 16.9. The van der Waals surface area contributed by atoms with Crippen LogP contribution in [-0.4, -0.2) is 35.8 Å². The highest BCUT2D eigenvalue weighted by atomic mass is 35.5. The van der Waals surface area contributed by atoms with Crippen molar-refractivity contribution in [3.8, 4) is 11.3 Å². The SMILES string of the molecule is NC1CCC(Cc2cc(-c3cccc(NCC4CCCOC4)n3)c(Cl)cn2)CC1. The summed E-state index contributed by atoms with van der Waals surface area (Å²) in [5, 5.41) is 4.11. The number of hydrogen-bond acceptors (Lipinski definition) is 5. The van der Waals surface area contributed by atoms with Crippen LogP contribution in [0.5, 0.6) is 0 Å². The van der Waals surface area contributed by atoms with Gasteiger partial charge in [-0.3, -0.25) is 4.98 Å². The Morgan fingerprint density at radius 2 is 2.00 bits per heavy atom. The van der Waals surface area contributed by atoms with Crippen LogP contribution in [0.3, 0.4) is 0 Å². The number of ether oxygens (including phenoxy) is 1. The number of pyridine rings is 2. The van der Waals surface area contributed by atoms with E-state index >= 15 is 0 Å². The second-order valence-corrected chi connectivity index (χ2v) is 8.92. The molecule has 2 aromatic rings. The molecule has 1 saturated heterocycles. The molecule has 29 heavy (non-hydrogen) atoms. The lowest BCUT2D eigenvalue weighted by Crippen LogP contribution is -2.27. The molecule has 0 bridgehead atoms. The summed E-state index contributed by atoms with van der Waals surface area (Å²) in [6.45, 7) is 2.61. The molecule has 3 N–H and O–H groups in total. The van der Waals surface area contributed by atoms with Crippen LogP contribution >= 0.6 is 11.6 Å². The number of rotatable bonds is 6. The Morgan fingerprint density at radius 1 is 1.14 bits per heavy atom. The van der Waals surface area contributed by atoms with Gasteiger partial charge < -0.3 is 15.8 Å². The van der Waals surface area contributed by atoms with Gasteiger partial charge in [-0.1, -0.05) is 17.7 Å². The van der Waals surface area contributed by atoms with Crippen LogP contribution in [0.15, 0.2) is 30.5 Å². The predicted octanol–water partition coefficient (Wildman–Crippen LogP) is 4.70. The molecule has 0 spiro atoms. The maximum absolute atomic E-state index is 6.49. The van der Waals surface area contributed by atoms with Gasteiger partial charge in [0.25, 0.3) is 0 Å². The molecule has 6 heteroatoms. The lowest BCUT2D eigenvalue weighted by molar-refractivity contribution is 0.0595. The highest BCUT2D eigenvalue weighted by molar-refractivity contribution is 6.33. The Morgan fingerprint density at radius 3 is 2.79 bits per heavy atom. The number of aromatic nitrogens is 2. The molecule has 0 radical (unpaired) electrons. The third kappa shape index (κ3) is 5.68. The Bertz CT molecular complexity index is 801. The zero-order chi connectivity index (χ0) is 20.1. The Hall–Kier alpha value is -1.69. The van der Waals surface area contributed by atoms with E-state index in [0.29, 0.717) is 22.9 Å². The van der Waals surface area contributed by atoms with Gasteiger partial charge >= 0.3 is 0 Å². The monoisotopic (exact) mass is 414 g/mol. The van der Waals surface area contributed by atoms with Gasteiger partial charge in [-0.2, -0.15) is 0 Å². The van der Waals surface area contributed by atoms with Crippen molar-refractivity contribution < 1.29 is 4.74 Å². The number of nitrogens with one attached hydrogen (secondary N) is 1. The number of nitrogens with zero attached hydrogens (tertiary/aromatic N) is 2. The molecule has 0 amide bonds. The van der Waals surface area contributed by atoms with Gasteiger partial charge in [-0.25, -0.2) is 4.98 Å². The fourth-order valence-electron chi connectivity index (χ4n) is 4.38. The summed E-state index contributed by atoms with van der Waals surface area (Å²) < 4.78 is 5.57. The van der Waals surface area contributed by atoms with Crippen LogP contribution < -0.4 is 11.1 Å². The second-order valence-electron chi connectivity index (χ2n) is 8.51. The standard InChI is InChI=1S/C23H31ClN4O/c24-21-14-26-19(11-16-6-8-18(25)9-7-16)12-20(21)22-4-1-5-23(28-22)27-13-17-3-2-10-29-15-17/h1,4-5,12,14,16-18H,2-3,6-11,13,15,25H2,(H,27,28). The molecule has 2 aromatic heterocycles. The molecular weight excluding hydrogens is 384 g/mol. The van der Waals surface area contributed by atoms with Crippen molar-refractivity contribution in [3.63, 3.8) is 0 Å². The van der Waals surface area contributed by atoms with Gasteiger partial charge in [0.05, 0.1) is 17.3 Å². The van der Waals surface area contributed by atoms with Crippen molar-refractivity contribution in [2.45, 2.75) is 51.0 Å². The number of hydrogen-bond donors (Lipinski definition) is 2. The molecule has 5 nitrogen and oxygen atoms in total. The topological polar surface area (TPSA) is 73.1 Å². The van der Waals surface area contributed by atoms with Crippen LogP contribution in [-0.2, 0) is 11.2 Å². The summed E-state index contributed by atoms with van der Waals surface area (Å²) in [5.74, 6) is 2.09. The predicted molar refractivity (Wildman–Crippen MR) is 118 cm³/mol. The van der Waals surface area contributed by atoms with E-state index in [2.05, 4.69) is 16.4 Å². The quantitative estimate of drug-likeness (QED) is 0.716. The van der Waals surface area contributed by atoms with Crippen LogP contribution in [0.4, 0.5) is 5.82 Å². The Labute approximate surface area is 178 Å².